The first-order valence-corrected chi connectivity index (χ1v) is 10.7. The molecule has 2 aromatic heterocycles. The van der Waals surface area contributed by atoms with Crippen LogP contribution in [0.25, 0.3) is 16.7 Å². The highest BCUT2D eigenvalue weighted by Gasteiger charge is 2.16. The molecular formula is C22H19N5O3S. The molecule has 5 rings (SSSR count). The summed E-state index contributed by atoms with van der Waals surface area (Å²) in [5, 5.41) is 8.91. The molecule has 3 heterocycles. The molecule has 1 aliphatic heterocycles. The van der Waals surface area contributed by atoms with E-state index >= 15 is 0 Å². The van der Waals surface area contributed by atoms with Gasteiger partial charge >= 0.3 is 0 Å². The molecule has 1 aliphatic rings. The number of ether oxygens (including phenoxy) is 2. The number of hydrogen-bond donors (Lipinski definition) is 1. The van der Waals surface area contributed by atoms with Crippen LogP contribution in [0, 0.1) is 13.8 Å². The number of rotatable bonds is 5. The molecule has 0 spiro atoms. The lowest BCUT2D eigenvalue weighted by Crippen LogP contribution is -2.14. The predicted octanol–water partition coefficient (Wildman–Crippen LogP) is 3.89. The molecule has 0 saturated carbocycles. The summed E-state index contributed by atoms with van der Waals surface area (Å²) in [4.78, 5) is 21.2. The van der Waals surface area contributed by atoms with Crippen LogP contribution in [0.15, 0.2) is 53.9 Å². The number of amides is 1. The minimum atomic E-state index is -0.141. The summed E-state index contributed by atoms with van der Waals surface area (Å²) in [7, 11) is 0. The maximum Gasteiger partial charge on any atom is 0.234 e. The van der Waals surface area contributed by atoms with Crippen LogP contribution in [0.5, 0.6) is 11.5 Å². The van der Waals surface area contributed by atoms with Gasteiger partial charge in [-0.05, 0) is 37.6 Å². The Kier molecular flexibility index (Phi) is 4.95. The van der Waals surface area contributed by atoms with Gasteiger partial charge in [0.2, 0.25) is 12.7 Å². The van der Waals surface area contributed by atoms with E-state index in [-0.39, 0.29) is 18.5 Å². The molecule has 156 valence electrons. The molecular weight excluding hydrogens is 414 g/mol. The van der Waals surface area contributed by atoms with Crippen LogP contribution in [0.3, 0.4) is 0 Å². The van der Waals surface area contributed by atoms with E-state index in [0.717, 1.165) is 16.6 Å². The standard InChI is InChI=1S/C22H19N5O3S/c1-13-3-5-17(14(2)7-13)27-21-16(9-25-27)22(24-11-23-21)31-10-20(28)26-15-4-6-18-19(8-15)30-12-29-18/h3-9,11H,10,12H2,1-2H3,(H,26,28). The third-order valence-corrected chi connectivity index (χ3v) is 5.91. The third-order valence-electron chi connectivity index (χ3n) is 4.91. The zero-order valence-corrected chi connectivity index (χ0v) is 17.8. The van der Waals surface area contributed by atoms with Crippen LogP contribution < -0.4 is 14.8 Å². The fraction of sp³-hybridized carbons (Fsp3) is 0.182. The number of thioether (sulfide) groups is 1. The molecule has 1 amide bonds. The molecule has 0 fully saturated rings. The second-order valence-corrected chi connectivity index (χ2v) is 8.13. The van der Waals surface area contributed by atoms with Crippen LogP contribution in [0.1, 0.15) is 11.1 Å². The van der Waals surface area contributed by atoms with E-state index < -0.39 is 0 Å². The van der Waals surface area contributed by atoms with Crippen molar-refractivity contribution in [1.82, 2.24) is 19.7 Å². The second-order valence-electron chi connectivity index (χ2n) is 7.17. The van der Waals surface area contributed by atoms with Gasteiger partial charge in [-0.3, -0.25) is 4.79 Å². The van der Waals surface area contributed by atoms with Crippen molar-refractivity contribution in [2.24, 2.45) is 0 Å². The molecule has 9 heteroatoms. The monoisotopic (exact) mass is 433 g/mol. The Morgan fingerprint density at radius 1 is 1.13 bits per heavy atom. The van der Waals surface area contributed by atoms with E-state index in [1.807, 2.05) is 23.7 Å². The van der Waals surface area contributed by atoms with Gasteiger partial charge in [0.25, 0.3) is 0 Å². The summed E-state index contributed by atoms with van der Waals surface area (Å²) in [5.41, 5.74) is 4.64. The molecule has 4 aromatic rings. The van der Waals surface area contributed by atoms with E-state index in [1.165, 1.54) is 23.7 Å². The predicted molar refractivity (Wildman–Crippen MR) is 118 cm³/mol. The topological polar surface area (TPSA) is 91.2 Å². The maximum atomic E-state index is 12.5. The largest absolute Gasteiger partial charge is 0.454 e. The molecule has 2 aromatic carbocycles. The van der Waals surface area contributed by atoms with Crippen molar-refractivity contribution in [2.45, 2.75) is 18.9 Å². The Bertz CT molecular complexity index is 1300. The molecule has 0 saturated heterocycles. The Labute approximate surface area is 182 Å². The van der Waals surface area contributed by atoms with Crippen LogP contribution in [0.4, 0.5) is 5.69 Å². The normalized spacial score (nSPS) is 12.3. The minimum Gasteiger partial charge on any atom is -0.454 e. The molecule has 0 bridgehead atoms. The second kappa shape index (κ2) is 7.92. The van der Waals surface area contributed by atoms with Gasteiger partial charge in [-0.25, -0.2) is 14.6 Å². The Morgan fingerprint density at radius 3 is 2.87 bits per heavy atom. The van der Waals surface area contributed by atoms with Gasteiger partial charge in [-0.1, -0.05) is 29.5 Å². The van der Waals surface area contributed by atoms with Crippen LogP contribution >= 0.6 is 11.8 Å². The lowest BCUT2D eigenvalue weighted by Gasteiger charge is -2.08. The minimum absolute atomic E-state index is 0.141. The van der Waals surface area contributed by atoms with Crippen LogP contribution in [0.2, 0.25) is 0 Å². The quantitative estimate of drug-likeness (QED) is 0.377. The van der Waals surface area contributed by atoms with E-state index in [2.05, 4.69) is 33.4 Å². The number of aryl methyl sites for hydroxylation is 2. The first-order chi connectivity index (χ1) is 15.1. The van der Waals surface area contributed by atoms with Crippen LogP contribution in [-0.4, -0.2) is 38.2 Å². The summed E-state index contributed by atoms with van der Waals surface area (Å²) in [6.45, 7) is 4.30. The van der Waals surface area contributed by atoms with Gasteiger partial charge in [0.1, 0.15) is 11.4 Å². The molecule has 1 N–H and O–H groups in total. The molecule has 0 radical (unpaired) electrons. The Hall–Kier alpha value is -3.59. The SMILES string of the molecule is Cc1ccc(-n2ncc3c(SCC(=O)Nc4ccc5c(c4)OCO5)ncnc32)c(C)c1. The molecule has 0 atom stereocenters. The third kappa shape index (κ3) is 3.79. The first kappa shape index (κ1) is 19.4. The summed E-state index contributed by atoms with van der Waals surface area (Å²) >= 11 is 1.35. The van der Waals surface area contributed by atoms with E-state index in [1.54, 1.807) is 24.4 Å². The zero-order chi connectivity index (χ0) is 21.4. The number of hydrogen-bond acceptors (Lipinski definition) is 7. The summed E-state index contributed by atoms with van der Waals surface area (Å²) < 4.78 is 12.4. The highest BCUT2D eigenvalue weighted by molar-refractivity contribution is 8.00. The number of aromatic nitrogens is 4. The summed E-state index contributed by atoms with van der Waals surface area (Å²) in [5.74, 6) is 1.37. The lowest BCUT2D eigenvalue weighted by atomic mass is 10.1. The highest BCUT2D eigenvalue weighted by Crippen LogP contribution is 2.34. The molecule has 31 heavy (non-hydrogen) atoms. The number of carbonyl (C=O) groups excluding carboxylic acids is 1. The number of nitrogens with zero attached hydrogens (tertiary/aromatic N) is 4. The summed E-state index contributed by atoms with van der Waals surface area (Å²) in [6.07, 6.45) is 3.24. The Morgan fingerprint density at radius 2 is 2.00 bits per heavy atom. The van der Waals surface area contributed by atoms with Crippen molar-refractivity contribution in [3.8, 4) is 17.2 Å². The zero-order valence-electron chi connectivity index (χ0n) is 17.0. The van der Waals surface area contributed by atoms with Gasteiger partial charge in [-0.2, -0.15) is 5.10 Å². The van der Waals surface area contributed by atoms with E-state index in [0.29, 0.717) is 27.9 Å². The van der Waals surface area contributed by atoms with E-state index in [9.17, 15) is 4.79 Å². The van der Waals surface area contributed by atoms with Crippen molar-refractivity contribution in [2.75, 3.05) is 17.9 Å². The average molecular weight is 433 g/mol. The van der Waals surface area contributed by atoms with Gasteiger partial charge in [-0.15, -0.1) is 0 Å². The van der Waals surface area contributed by atoms with Crippen LogP contribution in [-0.2, 0) is 4.79 Å². The molecule has 0 unspecified atom stereocenters. The van der Waals surface area contributed by atoms with Crippen molar-refractivity contribution >= 4 is 34.4 Å². The fourth-order valence-electron chi connectivity index (χ4n) is 3.46. The smallest absolute Gasteiger partial charge is 0.234 e. The van der Waals surface area contributed by atoms with Crippen molar-refractivity contribution in [1.29, 1.82) is 0 Å². The number of benzene rings is 2. The summed E-state index contributed by atoms with van der Waals surface area (Å²) in [6, 6.07) is 11.5. The van der Waals surface area contributed by atoms with E-state index in [4.69, 9.17) is 9.47 Å². The van der Waals surface area contributed by atoms with Gasteiger partial charge in [0.05, 0.1) is 23.0 Å². The highest BCUT2D eigenvalue weighted by atomic mass is 32.2. The number of anilines is 1. The average Bonchev–Trinajstić information content (AvgIpc) is 3.39. The van der Waals surface area contributed by atoms with Gasteiger partial charge < -0.3 is 14.8 Å². The first-order valence-electron chi connectivity index (χ1n) is 9.67. The number of nitrogens with one attached hydrogen (secondary N) is 1. The van der Waals surface area contributed by atoms with Crippen molar-refractivity contribution in [3.63, 3.8) is 0 Å². The molecule has 0 aliphatic carbocycles. The maximum absolute atomic E-state index is 12.5. The van der Waals surface area contributed by atoms with Gasteiger partial charge in [0, 0.05) is 11.8 Å². The number of fused-ring (bicyclic) bond motifs is 2. The lowest BCUT2D eigenvalue weighted by molar-refractivity contribution is -0.113. The Balaban J connectivity index is 1.33. The van der Waals surface area contributed by atoms with Crippen molar-refractivity contribution in [3.05, 3.63) is 60.0 Å². The molecule has 8 nitrogen and oxygen atoms in total. The number of carbonyl (C=O) groups is 1. The van der Waals surface area contributed by atoms with Gasteiger partial charge in [0.15, 0.2) is 17.1 Å². The fourth-order valence-corrected chi connectivity index (χ4v) is 4.22. The van der Waals surface area contributed by atoms with Crippen molar-refractivity contribution < 1.29 is 14.3 Å².